The van der Waals surface area contributed by atoms with Crippen molar-refractivity contribution in [3.05, 3.63) is 51.6 Å². The lowest BCUT2D eigenvalue weighted by Gasteiger charge is -2.06. The van der Waals surface area contributed by atoms with E-state index in [4.69, 9.17) is 0 Å². The van der Waals surface area contributed by atoms with Crippen molar-refractivity contribution in [3.63, 3.8) is 0 Å². The van der Waals surface area contributed by atoms with Crippen LogP contribution in [0.5, 0.6) is 0 Å². The second-order valence-electron chi connectivity index (χ2n) is 4.15. The molecule has 19 heavy (non-hydrogen) atoms. The van der Waals surface area contributed by atoms with Crippen LogP contribution in [0.15, 0.2) is 40.2 Å². The first-order valence-electron chi connectivity index (χ1n) is 5.93. The SMILES string of the molecule is CNc1nc(Cc2ccccc2Br)nc2sccc12. The van der Waals surface area contributed by atoms with Crippen molar-refractivity contribution in [3.8, 4) is 0 Å². The number of nitrogens with zero attached hydrogens (tertiary/aromatic N) is 2. The zero-order valence-electron chi connectivity index (χ0n) is 10.4. The zero-order chi connectivity index (χ0) is 13.2. The Morgan fingerprint density at radius 3 is 2.84 bits per heavy atom. The highest BCUT2D eigenvalue weighted by Crippen LogP contribution is 2.26. The average molecular weight is 334 g/mol. The van der Waals surface area contributed by atoms with E-state index in [0.717, 1.165) is 32.8 Å². The number of hydrogen-bond acceptors (Lipinski definition) is 4. The molecule has 3 aromatic rings. The molecule has 0 saturated carbocycles. The van der Waals surface area contributed by atoms with Gasteiger partial charge in [0.1, 0.15) is 16.5 Å². The molecule has 5 heteroatoms. The van der Waals surface area contributed by atoms with Gasteiger partial charge in [0.2, 0.25) is 0 Å². The van der Waals surface area contributed by atoms with Crippen molar-refractivity contribution >= 4 is 43.3 Å². The zero-order valence-corrected chi connectivity index (χ0v) is 12.8. The number of aromatic nitrogens is 2. The molecular formula is C14H12BrN3S. The largest absolute Gasteiger partial charge is 0.372 e. The van der Waals surface area contributed by atoms with Gasteiger partial charge in [-0.15, -0.1) is 11.3 Å². The van der Waals surface area contributed by atoms with Crippen LogP contribution in [0.25, 0.3) is 10.2 Å². The first-order chi connectivity index (χ1) is 9.28. The number of thiophene rings is 1. The van der Waals surface area contributed by atoms with E-state index in [1.807, 2.05) is 36.7 Å². The first kappa shape index (κ1) is 12.6. The van der Waals surface area contributed by atoms with E-state index in [2.05, 4.69) is 37.3 Å². The van der Waals surface area contributed by atoms with Gasteiger partial charge in [-0.3, -0.25) is 0 Å². The standard InChI is InChI=1S/C14H12BrN3S/c1-16-13-10-6-7-19-14(10)18-12(17-13)8-9-4-2-3-5-11(9)15/h2-7H,8H2,1H3,(H,16,17,18). The third kappa shape index (κ3) is 2.48. The molecule has 0 aliphatic rings. The van der Waals surface area contributed by atoms with E-state index >= 15 is 0 Å². The summed E-state index contributed by atoms with van der Waals surface area (Å²) in [5, 5.41) is 6.27. The molecule has 0 bridgehead atoms. The fourth-order valence-corrected chi connectivity index (χ4v) is 3.19. The van der Waals surface area contributed by atoms with Crippen LogP contribution < -0.4 is 5.32 Å². The van der Waals surface area contributed by atoms with Crippen LogP contribution in [0.2, 0.25) is 0 Å². The van der Waals surface area contributed by atoms with Crippen LogP contribution in [0.1, 0.15) is 11.4 Å². The van der Waals surface area contributed by atoms with E-state index in [9.17, 15) is 0 Å². The maximum Gasteiger partial charge on any atom is 0.138 e. The number of hydrogen-bond donors (Lipinski definition) is 1. The third-order valence-corrected chi connectivity index (χ3v) is 4.49. The molecular weight excluding hydrogens is 322 g/mol. The van der Waals surface area contributed by atoms with E-state index in [1.54, 1.807) is 11.3 Å². The average Bonchev–Trinajstić information content (AvgIpc) is 2.89. The van der Waals surface area contributed by atoms with Gasteiger partial charge in [0, 0.05) is 17.9 Å². The molecule has 1 aromatic carbocycles. The van der Waals surface area contributed by atoms with Crippen molar-refractivity contribution in [2.45, 2.75) is 6.42 Å². The molecule has 0 atom stereocenters. The number of benzene rings is 1. The molecule has 0 amide bonds. The molecule has 0 fully saturated rings. The number of nitrogens with one attached hydrogen (secondary N) is 1. The van der Waals surface area contributed by atoms with Crippen molar-refractivity contribution in [2.24, 2.45) is 0 Å². The minimum Gasteiger partial charge on any atom is -0.372 e. The number of fused-ring (bicyclic) bond motifs is 1. The highest BCUT2D eigenvalue weighted by molar-refractivity contribution is 9.10. The molecule has 0 aliphatic heterocycles. The van der Waals surface area contributed by atoms with E-state index < -0.39 is 0 Å². The summed E-state index contributed by atoms with van der Waals surface area (Å²) in [7, 11) is 1.89. The quantitative estimate of drug-likeness (QED) is 0.784. The second kappa shape index (κ2) is 5.27. The highest BCUT2D eigenvalue weighted by Gasteiger charge is 2.09. The van der Waals surface area contributed by atoms with Gasteiger partial charge in [-0.1, -0.05) is 34.1 Å². The third-order valence-electron chi connectivity index (χ3n) is 2.91. The van der Waals surface area contributed by atoms with Crippen LogP contribution in [-0.2, 0) is 6.42 Å². The van der Waals surface area contributed by atoms with E-state index in [1.165, 1.54) is 5.56 Å². The minimum atomic E-state index is 0.726. The van der Waals surface area contributed by atoms with Gasteiger partial charge in [-0.25, -0.2) is 9.97 Å². The summed E-state index contributed by atoms with van der Waals surface area (Å²) in [5.41, 5.74) is 1.19. The second-order valence-corrected chi connectivity index (χ2v) is 5.89. The van der Waals surface area contributed by atoms with Gasteiger partial charge in [-0.05, 0) is 23.1 Å². The Kier molecular flexibility index (Phi) is 3.48. The summed E-state index contributed by atoms with van der Waals surface area (Å²) in [6.07, 6.45) is 0.726. The molecule has 96 valence electrons. The lowest BCUT2D eigenvalue weighted by Crippen LogP contribution is -2.01. The van der Waals surface area contributed by atoms with Crippen LogP contribution in [0, 0.1) is 0 Å². The van der Waals surface area contributed by atoms with Gasteiger partial charge in [-0.2, -0.15) is 0 Å². The topological polar surface area (TPSA) is 37.8 Å². The molecule has 3 nitrogen and oxygen atoms in total. The van der Waals surface area contributed by atoms with Crippen molar-refractivity contribution in [2.75, 3.05) is 12.4 Å². The van der Waals surface area contributed by atoms with Gasteiger partial charge >= 0.3 is 0 Å². The Morgan fingerprint density at radius 1 is 1.21 bits per heavy atom. The number of rotatable bonds is 3. The van der Waals surface area contributed by atoms with E-state index in [0.29, 0.717) is 0 Å². The molecule has 0 saturated heterocycles. The van der Waals surface area contributed by atoms with Crippen LogP contribution in [0.3, 0.4) is 0 Å². The van der Waals surface area contributed by atoms with Crippen LogP contribution in [0.4, 0.5) is 5.82 Å². The molecule has 0 unspecified atom stereocenters. The summed E-state index contributed by atoms with van der Waals surface area (Å²) in [6, 6.07) is 10.2. The smallest absolute Gasteiger partial charge is 0.138 e. The van der Waals surface area contributed by atoms with Crippen molar-refractivity contribution in [1.29, 1.82) is 0 Å². The Hall–Kier alpha value is -1.46. The van der Waals surface area contributed by atoms with Crippen molar-refractivity contribution < 1.29 is 0 Å². The summed E-state index contributed by atoms with van der Waals surface area (Å²) in [4.78, 5) is 10.2. The van der Waals surface area contributed by atoms with Crippen LogP contribution >= 0.6 is 27.3 Å². The van der Waals surface area contributed by atoms with Gasteiger partial charge in [0.15, 0.2) is 0 Å². The predicted octanol–water partition coefficient (Wildman–Crippen LogP) is 4.09. The van der Waals surface area contributed by atoms with E-state index in [-0.39, 0.29) is 0 Å². The van der Waals surface area contributed by atoms with Gasteiger partial charge < -0.3 is 5.32 Å². The molecule has 2 heterocycles. The fourth-order valence-electron chi connectivity index (χ4n) is 1.98. The normalized spacial score (nSPS) is 10.8. The predicted molar refractivity (Wildman–Crippen MR) is 83.9 cm³/mol. The van der Waals surface area contributed by atoms with Gasteiger partial charge in [0.25, 0.3) is 0 Å². The first-order valence-corrected chi connectivity index (χ1v) is 7.60. The maximum absolute atomic E-state index is 4.63. The monoisotopic (exact) mass is 333 g/mol. The van der Waals surface area contributed by atoms with Crippen molar-refractivity contribution in [1.82, 2.24) is 9.97 Å². The Bertz CT molecular complexity index is 724. The maximum atomic E-state index is 4.63. The van der Waals surface area contributed by atoms with Crippen LogP contribution in [-0.4, -0.2) is 17.0 Å². The molecule has 2 aromatic heterocycles. The summed E-state index contributed by atoms with van der Waals surface area (Å²) >= 11 is 5.21. The Balaban J connectivity index is 2.03. The molecule has 0 spiro atoms. The number of halogens is 1. The van der Waals surface area contributed by atoms with Gasteiger partial charge in [0.05, 0.1) is 5.39 Å². The summed E-state index contributed by atoms with van der Waals surface area (Å²) in [5.74, 6) is 1.74. The fraction of sp³-hybridized carbons (Fsp3) is 0.143. The minimum absolute atomic E-state index is 0.726. The lowest BCUT2D eigenvalue weighted by atomic mass is 10.1. The Labute approximate surface area is 123 Å². The molecule has 1 N–H and O–H groups in total. The molecule has 0 radical (unpaired) electrons. The molecule has 3 rings (SSSR count). The summed E-state index contributed by atoms with van der Waals surface area (Å²) < 4.78 is 1.09. The number of anilines is 1. The highest BCUT2D eigenvalue weighted by atomic mass is 79.9. The molecule has 0 aliphatic carbocycles. The lowest BCUT2D eigenvalue weighted by molar-refractivity contribution is 0.993. The Morgan fingerprint density at radius 2 is 2.05 bits per heavy atom. The summed E-state index contributed by atoms with van der Waals surface area (Å²) in [6.45, 7) is 0.